The first kappa shape index (κ1) is 13.3. The van der Waals surface area contributed by atoms with Crippen LogP contribution in [-0.2, 0) is 25.4 Å². The Morgan fingerprint density at radius 1 is 1.56 bits per heavy atom. The van der Waals surface area contributed by atoms with Crippen LogP contribution in [0.2, 0.25) is 0 Å². The van der Waals surface area contributed by atoms with Crippen LogP contribution in [0.4, 0.5) is 5.82 Å². The number of rotatable bonds is 3. The highest BCUT2D eigenvalue weighted by Gasteiger charge is 2.31. The Kier molecular flexibility index (Phi) is 3.14. The van der Waals surface area contributed by atoms with E-state index in [9.17, 15) is 16.8 Å². The van der Waals surface area contributed by atoms with Gasteiger partial charge in [-0.3, -0.25) is 0 Å². The van der Waals surface area contributed by atoms with Gasteiger partial charge in [0.25, 0.3) is 0 Å². The Morgan fingerprint density at radius 2 is 2.22 bits per heavy atom. The molecule has 1 saturated heterocycles. The molecule has 102 valence electrons. The third kappa shape index (κ3) is 3.02. The molecule has 0 amide bonds. The highest BCUT2D eigenvalue weighted by molar-refractivity contribution is 7.91. The molecule has 2 N–H and O–H groups in total. The molecule has 2 rings (SSSR count). The van der Waals surface area contributed by atoms with Crippen LogP contribution in [0.15, 0.2) is 6.07 Å². The summed E-state index contributed by atoms with van der Waals surface area (Å²) >= 11 is 0. The molecule has 1 atom stereocenters. The van der Waals surface area contributed by atoms with E-state index < -0.39 is 19.7 Å². The van der Waals surface area contributed by atoms with Crippen LogP contribution >= 0.6 is 0 Å². The van der Waals surface area contributed by atoms with Gasteiger partial charge in [0.2, 0.25) is 0 Å². The second-order valence-corrected chi connectivity index (χ2v) is 9.00. The number of hydrogen-bond acceptors (Lipinski definition) is 6. The predicted octanol–water partition coefficient (Wildman–Crippen LogP) is -0.630. The molecule has 2 heterocycles. The molecule has 1 aromatic heterocycles. The van der Waals surface area contributed by atoms with Crippen molar-refractivity contribution in [2.75, 3.05) is 23.5 Å². The number of nitrogen functional groups attached to an aromatic ring is 1. The highest BCUT2D eigenvalue weighted by atomic mass is 32.2. The molecule has 0 aromatic carbocycles. The van der Waals surface area contributed by atoms with E-state index >= 15 is 0 Å². The van der Waals surface area contributed by atoms with Gasteiger partial charge in [0.15, 0.2) is 19.7 Å². The van der Waals surface area contributed by atoms with Gasteiger partial charge in [0.05, 0.1) is 29.0 Å². The average Bonchev–Trinajstić information content (AvgIpc) is 2.67. The third-order valence-electron chi connectivity index (χ3n) is 2.78. The molecule has 1 unspecified atom stereocenters. The maximum atomic E-state index is 11.4. The summed E-state index contributed by atoms with van der Waals surface area (Å²) in [6.07, 6.45) is 1.58. The Hall–Kier alpha value is -1.09. The zero-order valence-corrected chi connectivity index (χ0v) is 11.5. The first-order valence-electron chi connectivity index (χ1n) is 5.38. The minimum absolute atomic E-state index is 0.0111. The highest BCUT2D eigenvalue weighted by Crippen LogP contribution is 2.26. The first-order valence-corrected chi connectivity index (χ1v) is 9.26. The standard InChI is InChI=1S/C9H15N3O4S2/c1-17(13,14)5-7-4-9(10)12(11-7)8-2-3-18(15,16)6-8/h4,8H,2-3,5-6,10H2,1H3. The summed E-state index contributed by atoms with van der Waals surface area (Å²) in [5.41, 5.74) is 6.09. The minimum atomic E-state index is -3.18. The van der Waals surface area contributed by atoms with E-state index in [4.69, 9.17) is 5.73 Å². The predicted molar refractivity (Wildman–Crippen MR) is 67.5 cm³/mol. The first-order chi connectivity index (χ1) is 8.16. The third-order valence-corrected chi connectivity index (χ3v) is 5.35. The molecule has 0 radical (unpaired) electrons. The lowest BCUT2D eigenvalue weighted by atomic mass is 10.3. The van der Waals surface area contributed by atoms with Crippen molar-refractivity contribution < 1.29 is 16.8 Å². The van der Waals surface area contributed by atoms with Gasteiger partial charge in [-0.1, -0.05) is 0 Å². The van der Waals surface area contributed by atoms with Gasteiger partial charge in [-0.2, -0.15) is 5.10 Å². The summed E-state index contributed by atoms with van der Waals surface area (Å²) < 4.78 is 46.5. The molecule has 0 bridgehead atoms. The molecule has 9 heteroatoms. The van der Waals surface area contributed by atoms with Gasteiger partial charge in [0, 0.05) is 12.3 Å². The molecular weight excluding hydrogens is 278 g/mol. The molecule has 18 heavy (non-hydrogen) atoms. The number of nitrogens with zero attached hydrogens (tertiary/aromatic N) is 2. The van der Waals surface area contributed by atoms with Crippen molar-refractivity contribution in [1.82, 2.24) is 9.78 Å². The summed E-state index contributed by atoms with van der Waals surface area (Å²) in [5, 5.41) is 4.09. The van der Waals surface area contributed by atoms with E-state index in [0.29, 0.717) is 17.9 Å². The van der Waals surface area contributed by atoms with E-state index in [2.05, 4.69) is 5.10 Å². The second-order valence-electron chi connectivity index (χ2n) is 4.63. The fourth-order valence-electron chi connectivity index (χ4n) is 2.06. The number of nitrogens with two attached hydrogens (primary N) is 1. The summed E-state index contributed by atoms with van der Waals surface area (Å²) in [4.78, 5) is 0. The Labute approximate surface area is 106 Å². The minimum Gasteiger partial charge on any atom is -0.384 e. The Balaban J connectivity index is 2.25. The zero-order valence-electron chi connectivity index (χ0n) is 9.90. The van der Waals surface area contributed by atoms with Gasteiger partial charge in [-0.25, -0.2) is 21.5 Å². The SMILES string of the molecule is CS(=O)(=O)Cc1cc(N)n(C2CCS(=O)(=O)C2)n1. The van der Waals surface area contributed by atoms with Crippen molar-refractivity contribution in [3.05, 3.63) is 11.8 Å². The monoisotopic (exact) mass is 293 g/mol. The van der Waals surface area contributed by atoms with Gasteiger partial charge < -0.3 is 5.73 Å². The lowest BCUT2D eigenvalue weighted by molar-refractivity contribution is 0.503. The van der Waals surface area contributed by atoms with E-state index in [1.165, 1.54) is 10.7 Å². The van der Waals surface area contributed by atoms with E-state index in [0.717, 1.165) is 6.26 Å². The van der Waals surface area contributed by atoms with Crippen molar-refractivity contribution in [3.8, 4) is 0 Å². The van der Waals surface area contributed by atoms with Crippen LogP contribution in [0.5, 0.6) is 0 Å². The van der Waals surface area contributed by atoms with Gasteiger partial charge in [-0.05, 0) is 6.42 Å². The van der Waals surface area contributed by atoms with E-state index in [-0.39, 0.29) is 23.3 Å². The molecule has 1 fully saturated rings. The normalized spacial score (nSPS) is 23.3. The summed E-state index contributed by atoms with van der Waals surface area (Å²) in [6, 6.07) is 1.19. The van der Waals surface area contributed by atoms with Crippen molar-refractivity contribution in [3.63, 3.8) is 0 Å². The molecule has 1 aliphatic rings. The largest absolute Gasteiger partial charge is 0.384 e. The summed E-state index contributed by atoms with van der Waals surface area (Å²) in [6.45, 7) is 0. The zero-order chi connectivity index (χ0) is 13.6. The Bertz CT molecular complexity index is 660. The summed E-state index contributed by atoms with van der Waals surface area (Å²) in [7, 11) is -6.20. The van der Waals surface area contributed by atoms with Gasteiger partial charge in [0.1, 0.15) is 5.82 Å². The van der Waals surface area contributed by atoms with Crippen molar-refractivity contribution in [2.45, 2.75) is 18.2 Å². The maximum absolute atomic E-state index is 11.4. The maximum Gasteiger partial charge on any atom is 0.153 e. The van der Waals surface area contributed by atoms with Crippen LogP contribution in [-0.4, -0.2) is 44.4 Å². The van der Waals surface area contributed by atoms with Gasteiger partial charge >= 0.3 is 0 Å². The second kappa shape index (κ2) is 4.23. The average molecular weight is 293 g/mol. The van der Waals surface area contributed by atoms with Gasteiger partial charge in [-0.15, -0.1) is 0 Å². The molecular formula is C9H15N3O4S2. The van der Waals surface area contributed by atoms with Crippen LogP contribution < -0.4 is 5.73 Å². The summed E-state index contributed by atoms with van der Waals surface area (Å²) in [5.74, 6) is 0.245. The van der Waals surface area contributed by atoms with E-state index in [1.807, 2.05) is 0 Å². The van der Waals surface area contributed by atoms with Crippen molar-refractivity contribution in [2.24, 2.45) is 0 Å². The molecule has 1 aromatic rings. The fraction of sp³-hybridized carbons (Fsp3) is 0.667. The van der Waals surface area contributed by atoms with Crippen LogP contribution in [0.1, 0.15) is 18.2 Å². The van der Waals surface area contributed by atoms with Crippen molar-refractivity contribution >= 4 is 25.5 Å². The molecule has 0 saturated carbocycles. The molecule has 1 aliphatic heterocycles. The topological polar surface area (TPSA) is 112 Å². The fourth-order valence-corrected chi connectivity index (χ4v) is 4.43. The van der Waals surface area contributed by atoms with Crippen LogP contribution in [0.25, 0.3) is 0 Å². The number of aromatic nitrogens is 2. The smallest absolute Gasteiger partial charge is 0.153 e. The Morgan fingerprint density at radius 3 is 2.72 bits per heavy atom. The number of hydrogen-bond donors (Lipinski definition) is 1. The molecule has 7 nitrogen and oxygen atoms in total. The van der Waals surface area contributed by atoms with Crippen LogP contribution in [0, 0.1) is 0 Å². The quantitative estimate of drug-likeness (QED) is 0.794. The van der Waals surface area contributed by atoms with Crippen molar-refractivity contribution in [1.29, 1.82) is 0 Å². The molecule has 0 aliphatic carbocycles. The lowest BCUT2D eigenvalue weighted by Gasteiger charge is -2.09. The van der Waals surface area contributed by atoms with E-state index in [1.54, 1.807) is 0 Å². The lowest BCUT2D eigenvalue weighted by Crippen LogP contribution is -2.15. The number of sulfone groups is 2. The van der Waals surface area contributed by atoms with Crippen LogP contribution in [0.3, 0.4) is 0 Å². The number of anilines is 1. The molecule has 0 spiro atoms.